The zero-order valence-corrected chi connectivity index (χ0v) is 10.1. The molecule has 0 unspecified atom stereocenters. The molecule has 0 aliphatic heterocycles. The summed E-state index contributed by atoms with van der Waals surface area (Å²) in [7, 11) is 0. The molecule has 0 spiro atoms. The second-order valence-corrected chi connectivity index (χ2v) is 3.82. The molecule has 7 heteroatoms. The zero-order chi connectivity index (χ0) is 13.1. The van der Waals surface area contributed by atoms with Gasteiger partial charge in [-0.05, 0) is 19.1 Å². The summed E-state index contributed by atoms with van der Waals surface area (Å²) in [5, 5.41) is 11.0. The second kappa shape index (κ2) is 4.97. The van der Waals surface area contributed by atoms with Crippen LogP contribution in [0.2, 0.25) is 5.15 Å². The first-order valence-electron chi connectivity index (χ1n) is 4.98. The molecule has 0 atom stereocenters. The highest BCUT2D eigenvalue weighted by atomic mass is 35.5. The molecule has 0 radical (unpaired) electrons. The molecule has 0 bridgehead atoms. The Bertz CT molecular complexity index is 587. The largest absolute Gasteiger partial charge is 0.437 e. The van der Waals surface area contributed by atoms with Crippen LogP contribution in [0.1, 0.15) is 5.69 Å². The highest BCUT2D eigenvalue weighted by molar-refractivity contribution is 6.29. The number of hydrogen-bond donors (Lipinski definition) is 0. The first-order chi connectivity index (χ1) is 8.56. The van der Waals surface area contributed by atoms with E-state index < -0.39 is 4.92 Å². The van der Waals surface area contributed by atoms with Gasteiger partial charge in [0.25, 0.3) is 5.69 Å². The van der Waals surface area contributed by atoms with Crippen LogP contribution in [0.15, 0.2) is 30.5 Å². The van der Waals surface area contributed by atoms with Crippen LogP contribution in [-0.2, 0) is 0 Å². The van der Waals surface area contributed by atoms with Crippen molar-refractivity contribution in [3.63, 3.8) is 0 Å². The summed E-state index contributed by atoms with van der Waals surface area (Å²) in [4.78, 5) is 18.0. The van der Waals surface area contributed by atoms with Gasteiger partial charge in [0.2, 0.25) is 5.88 Å². The van der Waals surface area contributed by atoms with E-state index in [4.69, 9.17) is 16.3 Å². The van der Waals surface area contributed by atoms with Crippen molar-refractivity contribution in [1.29, 1.82) is 0 Å². The minimum absolute atomic E-state index is 0.0448. The molecule has 2 aromatic rings. The molecular weight excluding hydrogens is 258 g/mol. The molecule has 0 fully saturated rings. The molecule has 92 valence electrons. The number of hydrogen-bond acceptors (Lipinski definition) is 5. The average Bonchev–Trinajstić information content (AvgIpc) is 2.32. The Balaban J connectivity index is 2.22. The van der Waals surface area contributed by atoms with Crippen LogP contribution in [0.3, 0.4) is 0 Å². The van der Waals surface area contributed by atoms with E-state index in [0.29, 0.717) is 16.6 Å². The molecule has 0 aliphatic rings. The fourth-order valence-electron chi connectivity index (χ4n) is 1.32. The van der Waals surface area contributed by atoms with E-state index in [9.17, 15) is 10.1 Å². The van der Waals surface area contributed by atoms with Gasteiger partial charge < -0.3 is 4.74 Å². The van der Waals surface area contributed by atoms with Crippen LogP contribution in [0, 0.1) is 17.0 Å². The molecule has 0 aliphatic carbocycles. The third kappa shape index (κ3) is 2.72. The molecule has 0 amide bonds. The number of rotatable bonds is 3. The van der Waals surface area contributed by atoms with Crippen molar-refractivity contribution in [3.8, 4) is 11.6 Å². The van der Waals surface area contributed by atoms with Crippen molar-refractivity contribution < 1.29 is 9.66 Å². The number of aromatic nitrogens is 2. The van der Waals surface area contributed by atoms with Crippen molar-refractivity contribution in [2.75, 3.05) is 0 Å². The monoisotopic (exact) mass is 265 g/mol. The minimum atomic E-state index is -0.490. The van der Waals surface area contributed by atoms with Gasteiger partial charge in [0.05, 0.1) is 11.1 Å². The molecule has 2 rings (SSSR count). The molecule has 6 nitrogen and oxygen atoms in total. The first kappa shape index (κ1) is 12.3. The molecule has 0 saturated heterocycles. The summed E-state index contributed by atoms with van der Waals surface area (Å²) in [5.74, 6) is 0.724. The Morgan fingerprint density at radius 2 is 2.11 bits per heavy atom. The number of ether oxygens (including phenoxy) is 1. The van der Waals surface area contributed by atoms with Crippen LogP contribution in [0.25, 0.3) is 0 Å². The Hall–Kier alpha value is -2.21. The van der Waals surface area contributed by atoms with E-state index in [1.165, 1.54) is 18.3 Å². The third-order valence-electron chi connectivity index (χ3n) is 2.15. The summed E-state index contributed by atoms with van der Waals surface area (Å²) >= 11 is 5.64. The lowest BCUT2D eigenvalue weighted by Gasteiger charge is -2.05. The summed E-state index contributed by atoms with van der Waals surface area (Å²) in [6.45, 7) is 1.55. The Morgan fingerprint density at radius 1 is 1.33 bits per heavy atom. The molecule has 0 saturated carbocycles. The van der Waals surface area contributed by atoms with Gasteiger partial charge in [-0.2, -0.15) is 0 Å². The van der Waals surface area contributed by atoms with Crippen molar-refractivity contribution in [2.24, 2.45) is 0 Å². The maximum Gasteiger partial charge on any atom is 0.290 e. The predicted octanol–water partition coefficient (Wildman–Crippen LogP) is 3.14. The maximum absolute atomic E-state index is 10.6. The number of nitro groups is 1. The van der Waals surface area contributed by atoms with Crippen molar-refractivity contribution in [1.82, 2.24) is 9.97 Å². The molecule has 2 aromatic heterocycles. The van der Waals surface area contributed by atoms with Gasteiger partial charge in [-0.1, -0.05) is 11.6 Å². The van der Waals surface area contributed by atoms with Crippen molar-refractivity contribution in [2.45, 2.75) is 6.92 Å². The van der Waals surface area contributed by atoms with Gasteiger partial charge in [0, 0.05) is 12.1 Å². The van der Waals surface area contributed by atoms with Gasteiger partial charge >= 0.3 is 0 Å². The molecule has 0 aromatic carbocycles. The van der Waals surface area contributed by atoms with Gasteiger partial charge in [-0.15, -0.1) is 0 Å². The second-order valence-electron chi connectivity index (χ2n) is 3.43. The zero-order valence-electron chi connectivity index (χ0n) is 9.33. The maximum atomic E-state index is 10.6. The number of pyridine rings is 2. The minimum Gasteiger partial charge on any atom is -0.437 e. The molecular formula is C11H8ClN3O3. The highest BCUT2D eigenvalue weighted by Gasteiger charge is 2.12. The van der Waals surface area contributed by atoms with Crippen molar-refractivity contribution >= 4 is 17.3 Å². The fourth-order valence-corrected chi connectivity index (χ4v) is 1.44. The van der Waals surface area contributed by atoms with Gasteiger partial charge in [0.1, 0.15) is 16.6 Å². The van der Waals surface area contributed by atoms with E-state index in [0.717, 1.165) is 0 Å². The van der Waals surface area contributed by atoms with Gasteiger partial charge in [-0.3, -0.25) is 10.1 Å². The summed E-state index contributed by atoms with van der Waals surface area (Å²) in [6.07, 6.45) is 1.45. The molecule has 2 heterocycles. The predicted molar refractivity (Wildman–Crippen MR) is 64.9 cm³/mol. The lowest BCUT2D eigenvalue weighted by Crippen LogP contribution is -1.96. The SMILES string of the molecule is Cc1nc(Oc2ccc(Cl)nc2)ccc1[N+](=O)[O-]. The highest BCUT2D eigenvalue weighted by Crippen LogP contribution is 2.23. The van der Waals surface area contributed by atoms with Gasteiger partial charge in [-0.25, -0.2) is 9.97 Å². The summed E-state index contributed by atoms with van der Waals surface area (Å²) in [5.41, 5.74) is 0.246. The standard InChI is InChI=1S/C11H8ClN3O3/c1-7-9(15(16)17)3-5-11(14-7)18-8-2-4-10(12)13-6-8/h2-6H,1H3. The smallest absolute Gasteiger partial charge is 0.290 e. The lowest BCUT2D eigenvalue weighted by molar-refractivity contribution is -0.385. The number of halogens is 1. The topological polar surface area (TPSA) is 78.2 Å². The number of aryl methyl sites for hydroxylation is 1. The summed E-state index contributed by atoms with van der Waals surface area (Å²) < 4.78 is 5.39. The van der Waals surface area contributed by atoms with E-state index >= 15 is 0 Å². The van der Waals surface area contributed by atoms with Crippen LogP contribution in [0.4, 0.5) is 5.69 Å². The third-order valence-corrected chi connectivity index (χ3v) is 2.38. The van der Waals surface area contributed by atoms with Crippen molar-refractivity contribution in [3.05, 3.63) is 51.4 Å². The molecule has 18 heavy (non-hydrogen) atoms. The van der Waals surface area contributed by atoms with Crippen LogP contribution >= 0.6 is 11.6 Å². The Kier molecular flexibility index (Phi) is 3.38. The van der Waals surface area contributed by atoms with Crippen LogP contribution < -0.4 is 4.74 Å². The van der Waals surface area contributed by atoms with E-state index in [1.807, 2.05) is 0 Å². The quantitative estimate of drug-likeness (QED) is 0.484. The Morgan fingerprint density at radius 3 is 2.67 bits per heavy atom. The average molecular weight is 266 g/mol. The number of nitrogens with zero attached hydrogens (tertiary/aromatic N) is 3. The first-order valence-corrected chi connectivity index (χ1v) is 5.35. The summed E-state index contributed by atoms with van der Waals surface area (Å²) in [6, 6.07) is 5.99. The normalized spacial score (nSPS) is 10.1. The molecule has 0 N–H and O–H groups in total. The fraction of sp³-hybridized carbons (Fsp3) is 0.0909. The van der Waals surface area contributed by atoms with Gasteiger partial charge in [0.15, 0.2) is 0 Å². The Labute approximate surface area is 107 Å². The lowest BCUT2D eigenvalue weighted by atomic mass is 10.3. The van der Waals surface area contributed by atoms with Crippen LogP contribution in [-0.4, -0.2) is 14.9 Å². The van der Waals surface area contributed by atoms with E-state index in [2.05, 4.69) is 9.97 Å². The van der Waals surface area contributed by atoms with E-state index in [-0.39, 0.29) is 11.6 Å². The van der Waals surface area contributed by atoms with E-state index in [1.54, 1.807) is 19.1 Å². The van der Waals surface area contributed by atoms with Crippen LogP contribution in [0.5, 0.6) is 11.6 Å².